The molecule has 0 radical (unpaired) electrons. The van der Waals surface area contributed by atoms with Gasteiger partial charge < -0.3 is 4.57 Å². The van der Waals surface area contributed by atoms with Crippen LogP contribution in [0.1, 0.15) is 27.6 Å². The summed E-state index contributed by atoms with van der Waals surface area (Å²) in [4.78, 5) is 42.8. The van der Waals surface area contributed by atoms with Crippen molar-refractivity contribution in [2.75, 3.05) is 6.54 Å². The van der Waals surface area contributed by atoms with E-state index in [-0.39, 0.29) is 0 Å². The van der Waals surface area contributed by atoms with E-state index in [1.54, 1.807) is 41.0 Å². The zero-order valence-corrected chi connectivity index (χ0v) is 16.9. The second kappa shape index (κ2) is 7.16. The number of nitrogens with zero attached hydrogens (tertiary/aromatic N) is 3. The highest BCUT2D eigenvalue weighted by Crippen LogP contribution is 2.29. The molecule has 3 amide bonds. The number of hydrogen-bond acceptors (Lipinski definition) is 4. The van der Waals surface area contributed by atoms with E-state index < -0.39 is 24.3 Å². The summed E-state index contributed by atoms with van der Waals surface area (Å²) in [6.07, 6.45) is 0. The Hall–Kier alpha value is -2.48. The van der Waals surface area contributed by atoms with Gasteiger partial charge in [0.15, 0.2) is 4.80 Å². The Bertz CT molecular complexity index is 1190. The van der Waals surface area contributed by atoms with Crippen LogP contribution >= 0.6 is 34.5 Å². The largest absolute Gasteiger partial charge is 0.315 e. The summed E-state index contributed by atoms with van der Waals surface area (Å²) >= 11 is 13.6. The van der Waals surface area contributed by atoms with Gasteiger partial charge in [-0.15, -0.1) is 0 Å². The topological polar surface area (TPSA) is 71.7 Å². The number of aromatic nitrogens is 1. The zero-order chi connectivity index (χ0) is 20.0. The zero-order valence-electron chi connectivity index (χ0n) is 14.6. The highest BCUT2D eigenvalue weighted by Gasteiger charge is 2.36. The summed E-state index contributed by atoms with van der Waals surface area (Å²) in [5, 5.41) is 0.959. The van der Waals surface area contributed by atoms with Gasteiger partial charge in [-0.25, -0.2) is 0 Å². The molecular formula is C19H13Cl2N3O3S. The molecule has 0 spiro atoms. The number of imide groups is 1. The minimum absolute atomic E-state index is 0.298. The molecule has 1 aliphatic heterocycles. The van der Waals surface area contributed by atoms with Crippen LogP contribution in [0.25, 0.3) is 10.2 Å². The van der Waals surface area contributed by atoms with Gasteiger partial charge in [-0.2, -0.15) is 4.99 Å². The quantitative estimate of drug-likeness (QED) is 0.590. The Balaban J connectivity index is 1.69. The highest BCUT2D eigenvalue weighted by atomic mass is 35.5. The number of halogens is 2. The molecule has 1 aliphatic rings. The predicted molar refractivity (Wildman–Crippen MR) is 108 cm³/mol. The summed E-state index contributed by atoms with van der Waals surface area (Å²) in [6.45, 7) is 2.03. The number of aryl methyl sites for hydroxylation is 1. The van der Waals surface area contributed by atoms with Gasteiger partial charge in [0, 0.05) is 11.6 Å². The van der Waals surface area contributed by atoms with Crippen LogP contribution in [-0.4, -0.2) is 33.7 Å². The van der Waals surface area contributed by atoms with Crippen LogP contribution in [0.2, 0.25) is 10.0 Å². The second-order valence-corrected chi connectivity index (χ2v) is 7.96. The molecule has 0 bridgehead atoms. The van der Waals surface area contributed by atoms with Gasteiger partial charge in [-0.3, -0.25) is 19.3 Å². The first-order valence-electron chi connectivity index (χ1n) is 8.42. The predicted octanol–water partition coefficient (Wildman–Crippen LogP) is 3.75. The van der Waals surface area contributed by atoms with Crippen LogP contribution < -0.4 is 4.80 Å². The Morgan fingerprint density at radius 3 is 2.36 bits per heavy atom. The van der Waals surface area contributed by atoms with Crippen molar-refractivity contribution in [3.05, 3.63) is 62.4 Å². The Morgan fingerprint density at radius 2 is 1.75 bits per heavy atom. The fourth-order valence-electron chi connectivity index (χ4n) is 3.17. The van der Waals surface area contributed by atoms with Crippen molar-refractivity contribution in [1.29, 1.82) is 0 Å². The third-order valence-corrected chi connectivity index (χ3v) is 5.94. The van der Waals surface area contributed by atoms with Crippen LogP contribution in [0.15, 0.2) is 41.4 Å². The van der Waals surface area contributed by atoms with Gasteiger partial charge in [0.05, 0.1) is 26.4 Å². The van der Waals surface area contributed by atoms with E-state index in [1.165, 1.54) is 11.3 Å². The monoisotopic (exact) mass is 433 g/mol. The minimum Gasteiger partial charge on any atom is -0.315 e. The normalized spacial score (nSPS) is 14.2. The number of carbonyl (C=O) groups is 3. The fourth-order valence-corrected chi connectivity index (χ4v) is 5.06. The molecule has 0 unspecified atom stereocenters. The molecule has 2 aromatic carbocycles. The van der Waals surface area contributed by atoms with Crippen molar-refractivity contribution in [2.24, 2.45) is 4.99 Å². The lowest BCUT2D eigenvalue weighted by molar-refractivity contribution is -0.118. The Kier molecular flexibility index (Phi) is 4.82. The third-order valence-electron chi connectivity index (χ3n) is 4.40. The van der Waals surface area contributed by atoms with Gasteiger partial charge in [-0.05, 0) is 31.2 Å². The molecule has 0 fully saturated rings. The average Bonchev–Trinajstić information content (AvgIpc) is 3.12. The van der Waals surface area contributed by atoms with Gasteiger partial charge in [0.2, 0.25) is 0 Å². The summed E-state index contributed by atoms with van der Waals surface area (Å²) in [7, 11) is 0. The number of thiazole rings is 1. The maximum atomic E-state index is 12.5. The van der Waals surface area contributed by atoms with Gasteiger partial charge in [0.1, 0.15) is 6.54 Å². The van der Waals surface area contributed by atoms with E-state index in [0.29, 0.717) is 32.5 Å². The molecule has 142 valence electrons. The molecule has 0 atom stereocenters. The van der Waals surface area contributed by atoms with Crippen LogP contribution in [0.5, 0.6) is 0 Å². The molecular weight excluding hydrogens is 421 g/mol. The standard InChI is InChI=1S/C19H13Cl2N3O3S/c1-2-23-16-13(21)7-10(20)8-14(16)28-19(23)22-15(25)9-24-17(26)11-5-3-4-6-12(11)18(24)27/h3-8H,2,9H2,1H3. The molecule has 3 aromatic rings. The first-order valence-corrected chi connectivity index (χ1v) is 9.99. The summed E-state index contributed by atoms with van der Waals surface area (Å²) in [5.74, 6) is -1.57. The lowest BCUT2D eigenvalue weighted by Gasteiger charge is -2.10. The molecule has 0 N–H and O–H groups in total. The fraction of sp³-hybridized carbons (Fsp3) is 0.158. The van der Waals surface area contributed by atoms with Crippen LogP contribution in [0, 0.1) is 0 Å². The van der Waals surface area contributed by atoms with E-state index in [2.05, 4.69) is 4.99 Å². The van der Waals surface area contributed by atoms with Gasteiger partial charge in [0.25, 0.3) is 17.7 Å². The van der Waals surface area contributed by atoms with Crippen LogP contribution in [0.4, 0.5) is 0 Å². The first kappa shape index (κ1) is 18.9. The molecule has 2 heterocycles. The summed E-state index contributed by atoms with van der Waals surface area (Å²) < 4.78 is 2.60. The SMILES string of the molecule is CCn1c(=NC(=O)CN2C(=O)c3ccccc3C2=O)sc2cc(Cl)cc(Cl)c21. The van der Waals surface area contributed by atoms with E-state index in [0.717, 1.165) is 15.1 Å². The second-order valence-electron chi connectivity index (χ2n) is 6.11. The molecule has 0 saturated carbocycles. The van der Waals surface area contributed by atoms with Crippen LogP contribution in [-0.2, 0) is 11.3 Å². The smallest absolute Gasteiger partial charge is 0.268 e. The van der Waals surface area contributed by atoms with E-state index in [9.17, 15) is 14.4 Å². The van der Waals surface area contributed by atoms with Crippen molar-refractivity contribution < 1.29 is 14.4 Å². The minimum atomic E-state index is -0.592. The molecule has 0 saturated heterocycles. The van der Waals surface area contributed by atoms with Gasteiger partial charge >= 0.3 is 0 Å². The maximum absolute atomic E-state index is 12.5. The lowest BCUT2D eigenvalue weighted by Crippen LogP contribution is -2.35. The van der Waals surface area contributed by atoms with E-state index in [1.807, 2.05) is 6.92 Å². The molecule has 9 heteroatoms. The third kappa shape index (κ3) is 3.05. The summed E-state index contributed by atoms with van der Waals surface area (Å²) in [6, 6.07) is 9.88. The number of benzene rings is 2. The lowest BCUT2D eigenvalue weighted by atomic mass is 10.1. The van der Waals surface area contributed by atoms with Crippen molar-refractivity contribution >= 4 is 62.5 Å². The van der Waals surface area contributed by atoms with Gasteiger partial charge in [-0.1, -0.05) is 46.7 Å². The van der Waals surface area contributed by atoms with Crippen molar-refractivity contribution in [2.45, 2.75) is 13.5 Å². The molecule has 1 aromatic heterocycles. The Labute approximate surface area is 173 Å². The molecule has 0 aliphatic carbocycles. The highest BCUT2D eigenvalue weighted by molar-refractivity contribution is 7.16. The van der Waals surface area contributed by atoms with Crippen LogP contribution in [0.3, 0.4) is 0 Å². The van der Waals surface area contributed by atoms with Crippen molar-refractivity contribution in [1.82, 2.24) is 9.47 Å². The number of rotatable bonds is 3. The number of hydrogen-bond donors (Lipinski definition) is 0. The number of carbonyl (C=O) groups excluding carboxylic acids is 3. The Morgan fingerprint density at radius 1 is 1.11 bits per heavy atom. The van der Waals surface area contributed by atoms with Crippen molar-refractivity contribution in [3.63, 3.8) is 0 Å². The number of fused-ring (bicyclic) bond motifs is 2. The number of amides is 3. The summed E-state index contributed by atoms with van der Waals surface area (Å²) in [5.41, 5.74) is 1.34. The van der Waals surface area contributed by atoms with Crippen molar-refractivity contribution in [3.8, 4) is 0 Å². The van der Waals surface area contributed by atoms with E-state index in [4.69, 9.17) is 23.2 Å². The first-order chi connectivity index (χ1) is 13.4. The molecule has 4 rings (SSSR count). The average molecular weight is 434 g/mol. The van der Waals surface area contributed by atoms with E-state index >= 15 is 0 Å². The molecule has 6 nitrogen and oxygen atoms in total. The maximum Gasteiger partial charge on any atom is 0.268 e. The molecule has 28 heavy (non-hydrogen) atoms.